The van der Waals surface area contributed by atoms with E-state index in [1.54, 1.807) is 19.2 Å². The minimum atomic E-state index is -3.10. The topological polar surface area (TPSA) is 116 Å². The number of halogens is 2. The molecule has 2 aromatic carbocycles. The number of nitrogens with zero attached hydrogens (tertiary/aromatic N) is 4. The molecule has 5 rings (SSSR count). The molecule has 9 nitrogen and oxygen atoms in total. The van der Waals surface area contributed by atoms with Crippen molar-refractivity contribution in [2.75, 3.05) is 23.4 Å². The van der Waals surface area contributed by atoms with Gasteiger partial charge in [0.2, 0.25) is 0 Å². The Kier molecular flexibility index (Phi) is 9.96. The van der Waals surface area contributed by atoms with Crippen LogP contribution in [-0.4, -0.2) is 46.5 Å². The fraction of sp³-hybridized carbons (Fsp3) is 0.267. The van der Waals surface area contributed by atoms with Gasteiger partial charge in [-0.25, -0.2) is 27.8 Å². The third-order valence-corrected chi connectivity index (χ3v) is 9.81. The zero-order chi connectivity index (χ0) is 30.4. The molecule has 0 amide bonds. The third kappa shape index (κ3) is 7.91. The number of nitrogens with one attached hydrogen (secondary N) is 1. The van der Waals surface area contributed by atoms with Crippen molar-refractivity contribution < 1.29 is 22.3 Å². The summed E-state index contributed by atoms with van der Waals surface area (Å²) in [4.78, 5) is 18.1. The normalized spacial score (nSPS) is 12.4. The van der Waals surface area contributed by atoms with Crippen LogP contribution in [0.4, 0.5) is 15.9 Å². The van der Waals surface area contributed by atoms with Gasteiger partial charge in [0.1, 0.15) is 41.4 Å². The predicted octanol–water partition coefficient (Wildman–Crippen LogP) is 7.27. The van der Waals surface area contributed by atoms with Crippen LogP contribution in [0.5, 0.6) is 5.75 Å². The second kappa shape index (κ2) is 13.8. The van der Waals surface area contributed by atoms with Crippen molar-refractivity contribution in [3.05, 3.63) is 87.3 Å². The number of anilines is 2. The number of hydrogen-bond donors (Lipinski definition) is 1. The maximum absolute atomic E-state index is 13.5. The van der Waals surface area contributed by atoms with E-state index in [-0.39, 0.29) is 36.6 Å². The second-order valence-electron chi connectivity index (χ2n) is 9.57. The van der Waals surface area contributed by atoms with E-state index in [4.69, 9.17) is 14.5 Å². The van der Waals surface area contributed by atoms with Gasteiger partial charge in [-0.1, -0.05) is 26.0 Å². The minimum Gasteiger partial charge on any atom is -0.488 e. The number of hydrogen-bond acceptors (Lipinski definition) is 10. The van der Waals surface area contributed by atoms with Crippen LogP contribution >= 0.6 is 27.3 Å². The first-order valence-corrected chi connectivity index (χ1v) is 17.1. The number of pyridine rings is 1. The van der Waals surface area contributed by atoms with Crippen LogP contribution in [0.3, 0.4) is 0 Å². The Morgan fingerprint density at radius 3 is 2.70 bits per heavy atom. The summed E-state index contributed by atoms with van der Waals surface area (Å²) in [5.74, 6) is 0.993. The van der Waals surface area contributed by atoms with Crippen LogP contribution in [0.2, 0.25) is 0 Å². The van der Waals surface area contributed by atoms with E-state index in [0.29, 0.717) is 34.9 Å². The van der Waals surface area contributed by atoms with Gasteiger partial charge < -0.3 is 14.8 Å². The molecule has 43 heavy (non-hydrogen) atoms. The molecule has 1 atom stereocenters. The Hall–Kier alpha value is -3.52. The number of fused-ring (bicyclic) bond motifs is 1. The molecule has 0 fully saturated rings. The van der Waals surface area contributed by atoms with Gasteiger partial charge in [0.05, 0.1) is 39.9 Å². The quantitative estimate of drug-likeness (QED) is 0.137. The number of thiazole rings is 1. The Bertz CT molecular complexity index is 1840. The van der Waals surface area contributed by atoms with Crippen LogP contribution < -0.4 is 10.1 Å². The van der Waals surface area contributed by atoms with E-state index in [2.05, 4.69) is 36.2 Å². The van der Waals surface area contributed by atoms with Crippen molar-refractivity contribution in [3.63, 3.8) is 0 Å². The first kappa shape index (κ1) is 30.9. The number of benzene rings is 2. The van der Waals surface area contributed by atoms with Gasteiger partial charge >= 0.3 is 0 Å². The van der Waals surface area contributed by atoms with Crippen molar-refractivity contribution >= 4 is 59.5 Å². The van der Waals surface area contributed by atoms with Crippen LogP contribution in [0, 0.1) is 5.82 Å². The first-order chi connectivity index (χ1) is 20.7. The molecule has 13 heteroatoms. The standard InChI is InChI=1S/C30H29BrFN5O4S2/c1-3-27(40-10-11-43(38,39)4-2)30-37-26(17-42-30)24-14-22-25(15-33-24)34-18-35-29(22)36-21-8-9-28(23(31)13-21)41-16-19-6-5-7-20(32)12-19/h5-9,12-15,17-18,27H,3-4,10-11,16H2,1-2H3,(H,34,35,36). The van der Waals surface area contributed by atoms with Crippen LogP contribution in [0.1, 0.15) is 36.9 Å². The summed E-state index contributed by atoms with van der Waals surface area (Å²) < 4.78 is 49.6. The highest BCUT2D eigenvalue weighted by atomic mass is 79.9. The van der Waals surface area contributed by atoms with Gasteiger partial charge in [-0.2, -0.15) is 0 Å². The van der Waals surface area contributed by atoms with Crippen LogP contribution in [0.15, 0.2) is 70.9 Å². The highest BCUT2D eigenvalue weighted by Gasteiger charge is 2.18. The average molecular weight is 687 g/mol. The summed E-state index contributed by atoms with van der Waals surface area (Å²) in [6.45, 7) is 3.97. The molecule has 224 valence electrons. The lowest BCUT2D eigenvalue weighted by Gasteiger charge is -2.13. The summed E-state index contributed by atoms with van der Waals surface area (Å²) in [6, 6.07) is 13.7. The van der Waals surface area contributed by atoms with Crippen LogP contribution in [0.25, 0.3) is 22.3 Å². The molecule has 5 aromatic rings. The molecule has 0 radical (unpaired) electrons. The second-order valence-corrected chi connectivity index (χ2v) is 13.8. The molecule has 1 N–H and O–H groups in total. The lowest BCUT2D eigenvalue weighted by molar-refractivity contribution is 0.0609. The molecule has 0 aliphatic heterocycles. The maximum atomic E-state index is 13.5. The number of sulfone groups is 1. The number of ether oxygens (including phenoxy) is 2. The molecule has 0 saturated heterocycles. The SMILES string of the molecule is CCC(OCCS(=O)(=O)CC)c1nc(-c2cc3c(Nc4ccc(OCc5cccc(F)c5)c(Br)c4)ncnc3cn2)cs1. The molecule has 0 bridgehead atoms. The first-order valence-electron chi connectivity index (χ1n) is 13.6. The van der Waals surface area contributed by atoms with E-state index >= 15 is 0 Å². The lowest BCUT2D eigenvalue weighted by atomic mass is 10.2. The molecular formula is C30H29BrFN5O4S2. The summed E-state index contributed by atoms with van der Waals surface area (Å²) in [5, 5.41) is 6.78. The number of aromatic nitrogens is 4. The molecule has 0 aliphatic rings. The van der Waals surface area contributed by atoms with Crippen molar-refractivity contribution in [3.8, 4) is 17.1 Å². The van der Waals surface area contributed by atoms with Crippen LogP contribution in [-0.2, 0) is 21.2 Å². The fourth-order valence-electron chi connectivity index (χ4n) is 4.20. The maximum Gasteiger partial charge on any atom is 0.152 e. The Labute approximate surface area is 261 Å². The Morgan fingerprint density at radius 2 is 1.93 bits per heavy atom. The average Bonchev–Trinajstić information content (AvgIpc) is 3.49. The van der Waals surface area contributed by atoms with Gasteiger partial charge in [-0.3, -0.25) is 4.98 Å². The van der Waals surface area contributed by atoms with Gasteiger partial charge in [-0.15, -0.1) is 11.3 Å². The summed E-state index contributed by atoms with van der Waals surface area (Å²) in [7, 11) is -3.10. The van der Waals surface area contributed by atoms with E-state index in [0.717, 1.165) is 26.1 Å². The van der Waals surface area contributed by atoms with Crippen molar-refractivity contribution in [1.82, 2.24) is 19.9 Å². The highest BCUT2D eigenvalue weighted by molar-refractivity contribution is 9.10. The summed E-state index contributed by atoms with van der Waals surface area (Å²) in [6.07, 6.45) is 3.52. The van der Waals surface area contributed by atoms with Gasteiger partial charge in [0.15, 0.2) is 9.84 Å². The molecule has 0 spiro atoms. The number of rotatable bonds is 13. The zero-order valence-electron chi connectivity index (χ0n) is 23.5. The summed E-state index contributed by atoms with van der Waals surface area (Å²) >= 11 is 5.01. The monoisotopic (exact) mass is 685 g/mol. The molecule has 3 aromatic heterocycles. The van der Waals surface area contributed by atoms with Crippen molar-refractivity contribution in [2.24, 2.45) is 0 Å². The lowest BCUT2D eigenvalue weighted by Crippen LogP contribution is -2.16. The largest absolute Gasteiger partial charge is 0.488 e. The highest BCUT2D eigenvalue weighted by Crippen LogP contribution is 2.33. The van der Waals surface area contributed by atoms with E-state index < -0.39 is 9.84 Å². The molecule has 0 aliphatic carbocycles. The molecule has 1 unspecified atom stereocenters. The minimum absolute atomic E-state index is 0.0124. The third-order valence-electron chi connectivity index (χ3n) is 6.58. The zero-order valence-corrected chi connectivity index (χ0v) is 26.7. The fourth-order valence-corrected chi connectivity index (χ4v) is 6.27. The summed E-state index contributed by atoms with van der Waals surface area (Å²) in [5.41, 5.74) is 3.50. The smallest absolute Gasteiger partial charge is 0.152 e. The van der Waals surface area contributed by atoms with Gasteiger partial charge in [0.25, 0.3) is 0 Å². The van der Waals surface area contributed by atoms with Crippen molar-refractivity contribution in [1.29, 1.82) is 0 Å². The van der Waals surface area contributed by atoms with E-state index in [1.807, 2.05) is 42.6 Å². The molecule has 3 heterocycles. The predicted molar refractivity (Wildman–Crippen MR) is 170 cm³/mol. The molecule has 0 saturated carbocycles. The van der Waals surface area contributed by atoms with E-state index in [1.165, 1.54) is 29.8 Å². The van der Waals surface area contributed by atoms with Gasteiger partial charge in [-0.05, 0) is 64.3 Å². The van der Waals surface area contributed by atoms with Gasteiger partial charge in [0, 0.05) is 22.2 Å². The van der Waals surface area contributed by atoms with Crippen molar-refractivity contribution in [2.45, 2.75) is 33.0 Å². The molecular weight excluding hydrogens is 657 g/mol. The Morgan fingerprint density at radius 1 is 1.07 bits per heavy atom. The van der Waals surface area contributed by atoms with E-state index in [9.17, 15) is 12.8 Å². The Balaban J connectivity index is 1.31.